The third-order valence-corrected chi connectivity index (χ3v) is 4.37. The summed E-state index contributed by atoms with van der Waals surface area (Å²) in [5, 5.41) is 3.39. The molecule has 0 fully saturated rings. The predicted molar refractivity (Wildman–Crippen MR) is 91.0 cm³/mol. The largest absolute Gasteiger partial charge is 0.460 e. The fourth-order valence-corrected chi connectivity index (χ4v) is 3.01. The topological polar surface area (TPSA) is 55.1 Å². The molecule has 0 aliphatic carbocycles. The number of aromatic nitrogens is 1. The number of furan rings is 1. The summed E-state index contributed by atoms with van der Waals surface area (Å²) >= 11 is 1.51. The average molecular weight is 324 g/mol. The number of hydrogen-bond acceptors (Lipinski definition) is 5. The minimum Gasteiger partial charge on any atom is -0.460 e. The van der Waals surface area contributed by atoms with E-state index in [-0.39, 0.29) is 0 Å². The van der Waals surface area contributed by atoms with Gasteiger partial charge < -0.3 is 9.73 Å². The van der Waals surface area contributed by atoms with Gasteiger partial charge in [0.05, 0.1) is 11.2 Å². The van der Waals surface area contributed by atoms with E-state index >= 15 is 0 Å². The minimum atomic E-state index is 0.366. The molecule has 0 atom stereocenters. The van der Waals surface area contributed by atoms with Crippen molar-refractivity contribution in [3.63, 3.8) is 0 Å². The first-order chi connectivity index (χ1) is 11.2. The van der Waals surface area contributed by atoms with E-state index in [0.29, 0.717) is 5.76 Å². The van der Waals surface area contributed by atoms with Gasteiger partial charge in [0.15, 0.2) is 12.0 Å². The lowest BCUT2D eigenvalue weighted by Crippen LogP contribution is -1.99. The molecule has 1 N–H and O–H groups in total. The van der Waals surface area contributed by atoms with Gasteiger partial charge in [0, 0.05) is 29.0 Å². The van der Waals surface area contributed by atoms with E-state index < -0.39 is 0 Å². The smallest absolute Gasteiger partial charge is 0.186 e. The van der Waals surface area contributed by atoms with Crippen LogP contribution in [0.3, 0.4) is 0 Å². The summed E-state index contributed by atoms with van der Waals surface area (Å²) < 4.78 is 5.10. The molecule has 0 saturated carbocycles. The summed E-state index contributed by atoms with van der Waals surface area (Å²) in [6.45, 7) is 2.74. The zero-order valence-electron chi connectivity index (χ0n) is 12.7. The highest BCUT2D eigenvalue weighted by molar-refractivity contribution is 7.99. The molecule has 3 aromatic rings. The van der Waals surface area contributed by atoms with Gasteiger partial charge in [-0.3, -0.25) is 9.78 Å². The van der Waals surface area contributed by atoms with E-state index in [1.807, 2.05) is 43.5 Å². The Labute approximate surface area is 138 Å². The Kier molecular flexibility index (Phi) is 4.78. The number of nitrogens with one attached hydrogen (secondary N) is 1. The van der Waals surface area contributed by atoms with Crippen LogP contribution in [0, 0.1) is 6.92 Å². The average Bonchev–Trinajstić information content (AvgIpc) is 3.01. The first kappa shape index (κ1) is 15.4. The summed E-state index contributed by atoms with van der Waals surface area (Å²) in [6, 6.07) is 14.0. The molecule has 0 aliphatic heterocycles. The van der Waals surface area contributed by atoms with Crippen molar-refractivity contribution < 1.29 is 9.21 Å². The van der Waals surface area contributed by atoms with Gasteiger partial charge in [-0.15, -0.1) is 0 Å². The summed E-state index contributed by atoms with van der Waals surface area (Å²) in [5.41, 5.74) is 3.26. The molecule has 0 unspecified atom stereocenters. The predicted octanol–water partition coefficient (Wildman–Crippen LogP) is 4.56. The van der Waals surface area contributed by atoms with Gasteiger partial charge in [-0.25, -0.2) is 0 Å². The van der Waals surface area contributed by atoms with Crippen molar-refractivity contribution in [3.8, 4) is 0 Å². The van der Waals surface area contributed by atoms with E-state index in [0.717, 1.165) is 34.0 Å². The molecular formula is C18H16N2O2S. The number of aryl methyl sites for hydroxylation is 1. The normalized spacial score (nSPS) is 10.5. The Bertz CT molecular complexity index is 797. The van der Waals surface area contributed by atoms with Crippen molar-refractivity contribution in [2.75, 3.05) is 5.32 Å². The van der Waals surface area contributed by atoms with Crippen molar-refractivity contribution >= 4 is 23.7 Å². The van der Waals surface area contributed by atoms with E-state index in [1.54, 1.807) is 6.07 Å². The van der Waals surface area contributed by atoms with Gasteiger partial charge in [-0.2, -0.15) is 0 Å². The zero-order chi connectivity index (χ0) is 16.1. The maximum absolute atomic E-state index is 10.9. The van der Waals surface area contributed by atoms with Crippen molar-refractivity contribution in [1.82, 2.24) is 4.98 Å². The summed E-state index contributed by atoms with van der Waals surface area (Å²) in [5.74, 6) is 0.366. The number of anilines is 1. The Balaban J connectivity index is 1.62. The van der Waals surface area contributed by atoms with E-state index in [4.69, 9.17) is 4.42 Å². The number of carbonyl (C=O) groups excluding carboxylic acids is 1. The van der Waals surface area contributed by atoms with Gasteiger partial charge >= 0.3 is 0 Å². The Morgan fingerprint density at radius 3 is 2.78 bits per heavy atom. The molecule has 0 saturated heterocycles. The molecule has 0 bridgehead atoms. The van der Waals surface area contributed by atoms with Crippen LogP contribution in [0.5, 0.6) is 0 Å². The Morgan fingerprint density at radius 1 is 1.22 bits per heavy atom. The molecule has 4 nitrogen and oxygen atoms in total. The first-order valence-corrected chi connectivity index (χ1v) is 8.02. The highest BCUT2D eigenvalue weighted by atomic mass is 32.2. The maximum Gasteiger partial charge on any atom is 0.186 e. The lowest BCUT2D eigenvalue weighted by Gasteiger charge is -2.08. The van der Waals surface area contributed by atoms with Crippen LogP contribution in [0.4, 0.5) is 5.69 Å². The quantitative estimate of drug-likeness (QED) is 0.674. The number of aldehydes is 1. The number of benzene rings is 1. The highest BCUT2D eigenvalue weighted by Crippen LogP contribution is 2.31. The van der Waals surface area contributed by atoms with Gasteiger partial charge in [0.2, 0.25) is 0 Å². The third kappa shape index (κ3) is 4.02. The van der Waals surface area contributed by atoms with Crippen LogP contribution in [-0.2, 0) is 6.54 Å². The molecule has 2 aromatic heterocycles. The van der Waals surface area contributed by atoms with Crippen LogP contribution in [-0.4, -0.2) is 11.3 Å². The fourth-order valence-electron chi connectivity index (χ4n) is 2.17. The molecule has 5 heteroatoms. The van der Waals surface area contributed by atoms with Crippen LogP contribution >= 0.6 is 11.8 Å². The van der Waals surface area contributed by atoms with Crippen molar-refractivity contribution in [2.24, 2.45) is 0 Å². The second-order valence-electron chi connectivity index (χ2n) is 5.05. The maximum atomic E-state index is 10.9. The molecule has 0 spiro atoms. The molecule has 0 amide bonds. The van der Waals surface area contributed by atoms with Crippen LogP contribution < -0.4 is 5.32 Å². The van der Waals surface area contributed by atoms with Gasteiger partial charge in [-0.1, -0.05) is 11.8 Å². The molecule has 1 aromatic carbocycles. The van der Waals surface area contributed by atoms with Crippen LogP contribution in [0.25, 0.3) is 0 Å². The molecule has 2 heterocycles. The second-order valence-corrected chi connectivity index (χ2v) is 6.17. The van der Waals surface area contributed by atoms with E-state index in [1.165, 1.54) is 23.6 Å². The van der Waals surface area contributed by atoms with E-state index in [2.05, 4.69) is 16.4 Å². The number of carbonyl (C=O) groups is 1. The van der Waals surface area contributed by atoms with Crippen LogP contribution in [0.2, 0.25) is 0 Å². The van der Waals surface area contributed by atoms with Crippen LogP contribution in [0.15, 0.2) is 69.1 Å². The number of rotatable bonds is 6. The summed E-state index contributed by atoms with van der Waals surface area (Å²) in [7, 11) is 0. The van der Waals surface area contributed by atoms with E-state index in [9.17, 15) is 4.79 Å². The Hall–Kier alpha value is -2.53. The SMILES string of the molecule is Cc1cc(CNc2ccc(Sc3ccoc3C=O)cc2)ccn1. The molecule has 0 radical (unpaired) electrons. The number of nitrogens with zero attached hydrogens (tertiary/aromatic N) is 1. The molecule has 0 aliphatic rings. The molecular weight excluding hydrogens is 308 g/mol. The van der Waals surface area contributed by atoms with Crippen molar-refractivity contribution in [3.05, 3.63) is 71.9 Å². The van der Waals surface area contributed by atoms with Crippen molar-refractivity contribution in [2.45, 2.75) is 23.3 Å². The lowest BCUT2D eigenvalue weighted by molar-refractivity contribution is 0.109. The number of hydrogen-bond donors (Lipinski definition) is 1. The standard InChI is InChI=1S/C18H16N2O2S/c1-13-10-14(6-8-19-13)11-20-15-2-4-16(5-3-15)23-18-7-9-22-17(18)12-21/h2-10,12,20H,11H2,1H3. The van der Waals surface area contributed by atoms with Gasteiger partial charge in [0.1, 0.15) is 0 Å². The zero-order valence-corrected chi connectivity index (χ0v) is 13.5. The summed E-state index contributed by atoms with van der Waals surface area (Å²) in [6.07, 6.45) is 4.08. The third-order valence-electron chi connectivity index (χ3n) is 3.30. The molecule has 116 valence electrons. The Morgan fingerprint density at radius 2 is 2.04 bits per heavy atom. The highest BCUT2D eigenvalue weighted by Gasteiger charge is 2.06. The van der Waals surface area contributed by atoms with Gasteiger partial charge in [0.25, 0.3) is 0 Å². The molecule has 23 heavy (non-hydrogen) atoms. The number of pyridine rings is 1. The second kappa shape index (κ2) is 7.15. The fraction of sp³-hybridized carbons (Fsp3) is 0.111. The monoisotopic (exact) mass is 324 g/mol. The van der Waals surface area contributed by atoms with Crippen molar-refractivity contribution in [1.29, 1.82) is 0 Å². The van der Waals surface area contributed by atoms with Gasteiger partial charge in [-0.05, 0) is 55.0 Å². The first-order valence-electron chi connectivity index (χ1n) is 7.20. The van der Waals surface area contributed by atoms with Crippen LogP contribution in [0.1, 0.15) is 21.8 Å². The minimum absolute atomic E-state index is 0.366. The lowest BCUT2D eigenvalue weighted by atomic mass is 10.2. The summed E-state index contributed by atoms with van der Waals surface area (Å²) in [4.78, 5) is 16.9. The molecule has 3 rings (SSSR count).